The number of carbonyl (C=O) groups is 1. The van der Waals surface area contributed by atoms with Gasteiger partial charge < -0.3 is 10.4 Å². The summed E-state index contributed by atoms with van der Waals surface area (Å²) in [5.41, 5.74) is 0. The van der Waals surface area contributed by atoms with Crippen molar-refractivity contribution in [3.05, 3.63) is 36.5 Å². The number of aliphatic carboxylic acids is 1. The van der Waals surface area contributed by atoms with Crippen LogP contribution in [0.2, 0.25) is 0 Å². The van der Waals surface area contributed by atoms with Crippen LogP contribution in [0, 0.1) is 5.92 Å². The Kier molecular flexibility index (Phi) is 3.43. The van der Waals surface area contributed by atoms with Crippen LogP contribution < -0.4 is 5.32 Å². The number of aromatic nitrogens is 1. The molecule has 102 valence electrons. The number of benzene rings is 1. The maximum atomic E-state index is 10.9. The fourth-order valence-corrected chi connectivity index (χ4v) is 2.45. The Morgan fingerprint density at radius 1 is 1.40 bits per heavy atom. The summed E-state index contributed by atoms with van der Waals surface area (Å²) in [6.45, 7) is 0.644. The second-order valence-corrected chi connectivity index (χ2v) is 4.93. The minimum absolute atomic E-state index is 0.136. The van der Waals surface area contributed by atoms with Gasteiger partial charge in [-0.1, -0.05) is 24.3 Å². The highest BCUT2D eigenvalue weighted by Gasteiger charge is 2.27. The van der Waals surface area contributed by atoms with E-state index in [1.165, 1.54) is 0 Å². The Bertz CT molecular complexity index is 664. The Balaban J connectivity index is 1.80. The van der Waals surface area contributed by atoms with E-state index in [1.807, 2.05) is 36.5 Å². The standard InChI is InChI=1S/C15H15N3O2/c19-15(20)13-7-10(8-17-13)9-18-14-12-4-2-1-3-11(12)5-6-16-14/h1-6,9-10,13,17H,7-8H2,(H,19,20)/t10?,13-/m0/s1. The summed E-state index contributed by atoms with van der Waals surface area (Å²) in [6, 6.07) is 9.43. The van der Waals surface area contributed by atoms with Crippen LogP contribution in [0.4, 0.5) is 5.82 Å². The summed E-state index contributed by atoms with van der Waals surface area (Å²) < 4.78 is 0. The van der Waals surface area contributed by atoms with Gasteiger partial charge in [0, 0.05) is 30.3 Å². The molecule has 0 amide bonds. The molecule has 0 bridgehead atoms. The fourth-order valence-electron chi connectivity index (χ4n) is 2.45. The van der Waals surface area contributed by atoms with Crippen molar-refractivity contribution in [2.45, 2.75) is 12.5 Å². The summed E-state index contributed by atoms with van der Waals surface area (Å²) in [5.74, 6) is 0.0166. The molecule has 0 saturated carbocycles. The van der Waals surface area contributed by atoms with Gasteiger partial charge in [-0.3, -0.25) is 4.79 Å². The van der Waals surface area contributed by atoms with E-state index in [0.717, 1.165) is 10.8 Å². The lowest BCUT2D eigenvalue weighted by Crippen LogP contribution is -2.29. The molecule has 5 nitrogen and oxygen atoms in total. The summed E-state index contributed by atoms with van der Waals surface area (Å²) in [5, 5.41) is 14.0. The molecule has 2 atom stereocenters. The molecule has 0 radical (unpaired) electrons. The number of hydrogen-bond acceptors (Lipinski definition) is 4. The summed E-state index contributed by atoms with van der Waals surface area (Å²) in [6.07, 6.45) is 4.12. The molecule has 1 aliphatic heterocycles. The highest BCUT2D eigenvalue weighted by atomic mass is 16.4. The van der Waals surface area contributed by atoms with Crippen molar-refractivity contribution in [1.82, 2.24) is 10.3 Å². The first-order valence-electron chi connectivity index (χ1n) is 6.58. The molecule has 1 aromatic heterocycles. The minimum atomic E-state index is -0.802. The lowest BCUT2D eigenvalue weighted by molar-refractivity contribution is -0.139. The van der Waals surface area contributed by atoms with Gasteiger partial charge in [0.05, 0.1) is 0 Å². The van der Waals surface area contributed by atoms with E-state index in [2.05, 4.69) is 15.3 Å². The van der Waals surface area contributed by atoms with E-state index in [4.69, 9.17) is 5.11 Å². The second kappa shape index (κ2) is 5.38. The maximum Gasteiger partial charge on any atom is 0.320 e. The summed E-state index contributed by atoms with van der Waals surface area (Å²) >= 11 is 0. The van der Waals surface area contributed by atoms with Gasteiger partial charge in [-0.15, -0.1) is 0 Å². The van der Waals surface area contributed by atoms with Gasteiger partial charge in [0.2, 0.25) is 0 Å². The van der Waals surface area contributed by atoms with Crippen LogP contribution in [0.3, 0.4) is 0 Å². The van der Waals surface area contributed by atoms with E-state index in [1.54, 1.807) is 6.20 Å². The Morgan fingerprint density at radius 3 is 3.05 bits per heavy atom. The molecule has 1 aliphatic rings. The van der Waals surface area contributed by atoms with Crippen molar-refractivity contribution in [2.24, 2.45) is 10.9 Å². The van der Waals surface area contributed by atoms with Crippen LogP contribution in [0.25, 0.3) is 10.8 Å². The third-order valence-electron chi connectivity index (χ3n) is 3.52. The number of aliphatic imine (C=N–C) groups is 1. The molecule has 3 rings (SSSR count). The van der Waals surface area contributed by atoms with Gasteiger partial charge in [-0.25, -0.2) is 9.98 Å². The highest BCUT2D eigenvalue weighted by molar-refractivity contribution is 5.91. The summed E-state index contributed by atoms with van der Waals surface area (Å²) in [4.78, 5) is 19.6. The highest BCUT2D eigenvalue weighted by Crippen LogP contribution is 2.23. The van der Waals surface area contributed by atoms with Crippen LogP contribution in [0.1, 0.15) is 6.42 Å². The fraction of sp³-hybridized carbons (Fsp3) is 0.267. The van der Waals surface area contributed by atoms with Gasteiger partial charge in [0.25, 0.3) is 0 Å². The predicted octanol–water partition coefficient (Wildman–Crippen LogP) is 2.00. The topological polar surface area (TPSA) is 74.6 Å². The van der Waals surface area contributed by atoms with Crippen LogP contribution in [-0.4, -0.2) is 34.9 Å². The number of hydrogen-bond donors (Lipinski definition) is 2. The molecule has 20 heavy (non-hydrogen) atoms. The molecule has 2 heterocycles. The zero-order chi connectivity index (χ0) is 13.9. The predicted molar refractivity (Wildman–Crippen MR) is 77.4 cm³/mol. The number of rotatable bonds is 3. The molecule has 1 fully saturated rings. The third kappa shape index (κ3) is 2.53. The monoisotopic (exact) mass is 269 g/mol. The van der Waals surface area contributed by atoms with Crippen LogP contribution >= 0.6 is 0 Å². The Hall–Kier alpha value is -2.27. The lowest BCUT2D eigenvalue weighted by atomic mass is 10.1. The van der Waals surface area contributed by atoms with Crippen LogP contribution in [0.15, 0.2) is 41.5 Å². The Labute approximate surface area is 116 Å². The van der Waals surface area contributed by atoms with Crippen LogP contribution in [0.5, 0.6) is 0 Å². The first-order valence-corrected chi connectivity index (χ1v) is 6.58. The number of fused-ring (bicyclic) bond motifs is 1. The molecule has 1 unspecified atom stereocenters. The molecule has 2 aromatic rings. The van der Waals surface area contributed by atoms with E-state index in [9.17, 15) is 4.79 Å². The van der Waals surface area contributed by atoms with Crippen LogP contribution in [-0.2, 0) is 4.79 Å². The second-order valence-electron chi connectivity index (χ2n) is 4.93. The lowest BCUT2D eigenvalue weighted by Gasteiger charge is -2.03. The van der Waals surface area contributed by atoms with Crippen molar-refractivity contribution in [3.63, 3.8) is 0 Å². The SMILES string of the molecule is O=C(O)[C@@H]1CC(C=Nc2nccc3ccccc23)CN1. The average molecular weight is 269 g/mol. The number of carboxylic acids is 1. The van der Waals surface area contributed by atoms with Crippen molar-refractivity contribution in [2.75, 3.05) is 6.54 Å². The molecule has 0 spiro atoms. The first kappa shape index (κ1) is 12.7. The Morgan fingerprint density at radius 2 is 2.25 bits per heavy atom. The van der Waals surface area contributed by atoms with Crippen molar-refractivity contribution >= 4 is 28.8 Å². The van der Waals surface area contributed by atoms with Gasteiger partial charge in [-0.2, -0.15) is 0 Å². The molecule has 1 aromatic carbocycles. The first-order chi connectivity index (χ1) is 9.74. The van der Waals surface area contributed by atoms with Crippen molar-refractivity contribution < 1.29 is 9.90 Å². The van der Waals surface area contributed by atoms with Gasteiger partial charge in [-0.05, 0) is 17.9 Å². The normalized spacial score (nSPS) is 22.6. The van der Waals surface area contributed by atoms with E-state index >= 15 is 0 Å². The van der Waals surface area contributed by atoms with E-state index in [0.29, 0.717) is 18.8 Å². The third-order valence-corrected chi connectivity index (χ3v) is 3.52. The van der Waals surface area contributed by atoms with E-state index in [-0.39, 0.29) is 5.92 Å². The maximum absolute atomic E-state index is 10.9. The van der Waals surface area contributed by atoms with Gasteiger partial charge in [0.15, 0.2) is 5.82 Å². The van der Waals surface area contributed by atoms with Crippen molar-refractivity contribution in [3.8, 4) is 0 Å². The molecule has 5 heteroatoms. The number of pyridine rings is 1. The minimum Gasteiger partial charge on any atom is -0.480 e. The number of nitrogens with zero attached hydrogens (tertiary/aromatic N) is 2. The van der Waals surface area contributed by atoms with Gasteiger partial charge in [0.1, 0.15) is 6.04 Å². The smallest absolute Gasteiger partial charge is 0.320 e. The molecule has 2 N–H and O–H groups in total. The molecule has 1 saturated heterocycles. The van der Waals surface area contributed by atoms with E-state index < -0.39 is 12.0 Å². The quantitative estimate of drug-likeness (QED) is 0.836. The molecular formula is C15H15N3O2. The largest absolute Gasteiger partial charge is 0.480 e. The molecule has 0 aliphatic carbocycles. The summed E-state index contributed by atoms with van der Waals surface area (Å²) in [7, 11) is 0. The average Bonchev–Trinajstić information content (AvgIpc) is 2.94. The van der Waals surface area contributed by atoms with Gasteiger partial charge >= 0.3 is 5.97 Å². The number of nitrogens with one attached hydrogen (secondary N) is 1. The molecular weight excluding hydrogens is 254 g/mol. The zero-order valence-electron chi connectivity index (χ0n) is 10.9. The van der Waals surface area contributed by atoms with Crippen molar-refractivity contribution in [1.29, 1.82) is 0 Å². The zero-order valence-corrected chi connectivity index (χ0v) is 10.9. The number of carboxylic acid groups (broad SMARTS) is 1.